The molecule has 1 aliphatic rings. The second kappa shape index (κ2) is 6.69. The number of nitrogens with two attached hydrogens (primary N) is 1. The van der Waals surface area contributed by atoms with Crippen molar-refractivity contribution < 1.29 is 9.63 Å². The number of rotatable bonds is 4. The van der Waals surface area contributed by atoms with E-state index in [1.807, 2.05) is 41.8 Å². The molecule has 6 nitrogen and oxygen atoms in total. The fourth-order valence-electron chi connectivity index (χ4n) is 2.88. The van der Waals surface area contributed by atoms with E-state index >= 15 is 0 Å². The zero-order chi connectivity index (χ0) is 19.0. The highest BCUT2D eigenvalue weighted by Crippen LogP contribution is 2.31. The summed E-state index contributed by atoms with van der Waals surface area (Å²) in [4.78, 5) is 4.26. The van der Waals surface area contributed by atoms with Gasteiger partial charge >= 0.3 is 0 Å². The van der Waals surface area contributed by atoms with Crippen LogP contribution in [0.5, 0.6) is 0 Å². The van der Waals surface area contributed by atoms with Gasteiger partial charge in [-0.2, -0.15) is 0 Å². The molecule has 1 unspecified atom stereocenters. The number of hydrogen-bond acceptors (Lipinski definition) is 5. The Morgan fingerprint density at radius 2 is 2.07 bits per heavy atom. The summed E-state index contributed by atoms with van der Waals surface area (Å²) in [7, 11) is 0. The number of aliphatic hydroxyl groups excluding tert-OH is 1. The van der Waals surface area contributed by atoms with Crippen molar-refractivity contribution in [1.29, 1.82) is 0 Å². The van der Waals surface area contributed by atoms with Crippen LogP contribution in [0.4, 0.5) is 0 Å². The van der Waals surface area contributed by atoms with Crippen molar-refractivity contribution in [3.63, 3.8) is 0 Å². The third-order valence-electron chi connectivity index (χ3n) is 4.75. The van der Waals surface area contributed by atoms with Crippen molar-refractivity contribution in [3.8, 4) is 23.2 Å². The molecule has 4 rings (SSSR count). The van der Waals surface area contributed by atoms with Gasteiger partial charge in [-0.25, -0.2) is 4.98 Å². The van der Waals surface area contributed by atoms with Crippen LogP contribution in [0.1, 0.15) is 48.6 Å². The summed E-state index contributed by atoms with van der Waals surface area (Å²) in [6.45, 7) is 4.15. The van der Waals surface area contributed by atoms with E-state index in [0.717, 1.165) is 35.4 Å². The average molecular weight is 362 g/mol. The Labute approximate surface area is 158 Å². The standard InChI is InChI=1S/C21H22N4O2/c1-14-12-23-20(15(2)26)25(14)13-18-11-19(27-24-18)17-5-3-16(4-6-17)7-8-21(22)9-10-21/h3-6,11-12,15,26H,9-10,13,22H2,1-2H3. The number of aryl methyl sites for hydroxylation is 1. The highest BCUT2D eigenvalue weighted by Gasteiger charge is 2.36. The summed E-state index contributed by atoms with van der Waals surface area (Å²) in [5, 5.41) is 14.0. The maximum Gasteiger partial charge on any atom is 0.167 e. The monoisotopic (exact) mass is 362 g/mol. The molecule has 27 heavy (non-hydrogen) atoms. The normalized spacial score (nSPS) is 15.9. The van der Waals surface area contributed by atoms with Gasteiger partial charge < -0.3 is 19.9 Å². The minimum absolute atomic E-state index is 0.269. The van der Waals surface area contributed by atoms with Gasteiger partial charge in [0, 0.05) is 29.1 Å². The lowest BCUT2D eigenvalue weighted by Gasteiger charge is -2.09. The molecule has 1 aromatic carbocycles. The minimum Gasteiger partial charge on any atom is -0.385 e. The molecule has 0 radical (unpaired) electrons. The molecule has 1 atom stereocenters. The first kappa shape index (κ1) is 17.5. The first-order chi connectivity index (χ1) is 12.9. The smallest absolute Gasteiger partial charge is 0.167 e. The maximum absolute atomic E-state index is 9.86. The molecule has 1 fully saturated rings. The highest BCUT2D eigenvalue weighted by atomic mass is 16.5. The van der Waals surface area contributed by atoms with E-state index in [0.29, 0.717) is 18.1 Å². The number of aromatic nitrogens is 3. The van der Waals surface area contributed by atoms with Crippen LogP contribution in [-0.2, 0) is 6.54 Å². The molecule has 0 spiro atoms. The molecule has 2 heterocycles. The van der Waals surface area contributed by atoms with Gasteiger partial charge in [-0.3, -0.25) is 0 Å². The Hall–Kier alpha value is -2.88. The summed E-state index contributed by atoms with van der Waals surface area (Å²) < 4.78 is 7.44. The van der Waals surface area contributed by atoms with Crippen molar-refractivity contribution in [2.75, 3.05) is 0 Å². The number of hydrogen-bond donors (Lipinski definition) is 2. The predicted molar refractivity (Wildman–Crippen MR) is 102 cm³/mol. The van der Waals surface area contributed by atoms with Gasteiger partial charge in [0.2, 0.25) is 0 Å². The molecule has 0 bridgehead atoms. The number of benzene rings is 1. The number of aliphatic hydroxyl groups is 1. The van der Waals surface area contributed by atoms with Crippen LogP contribution in [-0.4, -0.2) is 25.4 Å². The highest BCUT2D eigenvalue weighted by molar-refractivity contribution is 5.59. The first-order valence-corrected chi connectivity index (χ1v) is 9.02. The second-order valence-corrected chi connectivity index (χ2v) is 7.19. The molecule has 0 amide bonds. The number of nitrogens with zero attached hydrogens (tertiary/aromatic N) is 3. The second-order valence-electron chi connectivity index (χ2n) is 7.19. The molecule has 3 aromatic rings. The van der Waals surface area contributed by atoms with E-state index < -0.39 is 6.10 Å². The fourth-order valence-corrected chi connectivity index (χ4v) is 2.88. The fraction of sp³-hybridized carbons (Fsp3) is 0.333. The van der Waals surface area contributed by atoms with E-state index in [-0.39, 0.29) is 5.54 Å². The summed E-state index contributed by atoms with van der Waals surface area (Å²) in [6, 6.07) is 9.76. The van der Waals surface area contributed by atoms with Crippen LogP contribution >= 0.6 is 0 Å². The Morgan fingerprint density at radius 1 is 1.33 bits per heavy atom. The van der Waals surface area contributed by atoms with Gasteiger partial charge in [-0.05, 0) is 51.0 Å². The molecule has 6 heteroatoms. The Kier molecular flexibility index (Phi) is 4.34. The summed E-state index contributed by atoms with van der Waals surface area (Å²) in [6.07, 6.45) is 3.07. The Bertz CT molecular complexity index is 1010. The largest absolute Gasteiger partial charge is 0.385 e. The van der Waals surface area contributed by atoms with Crippen LogP contribution in [0.25, 0.3) is 11.3 Å². The van der Waals surface area contributed by atoms with Crippen LogP contribution in [0.2, 0.25) is 0 Å². The summed E-state index contributed by atoms with van der Waals surface area (Å²) >= 11 is 0. The van der Waals surface area contributed by atoms with Crippen LogP contribution < -0.4 is 5.73 Å². The van der Waals surface area contributed by atoms with E-state index in [1.54, 1.807) is 13.1 Å². The van der Waals surface area contributed by atoms with Gasteiger partial charge in [0.25, 0.3) is 0 Å². The van der Waals surface area contributed by atoms with Crippen LogP contribution in [0, 0.1) is 18.8 Å². The maximum atomic E-state index is 9.86. The van der Waals surface area contributed by atoms with Crippen molar-refractivity contribution in [3.05, 3.63) is 59.3 Å². The van der Waals surface area contributed by atoms with Gasteiger partial charge in [0.05, 0.1) is 12.1 Å². The third kappa shape index (κ3) is 3.80. The SMILES string of the molecule is Cc1cnc(C(C)O)n1Cc1cc(-c2ccc(C#CC3(N)CC3)cc2)on1. The van der Waals surface area contributed by atoms with Gasteiger partial charge in [-0.15, -0.1) is 0 Å². The lowest BCUT2D eigenvalue weighted by atomic mass is 10.1. The van der Waals surface area contributed by atoms with Crippen molar-refractivity contribution in [2.24, 2.45) is 5.73 Å². The van der Waals surface area contributed by atoms with E-state index in [4.69, 9.17) is 10.3 Å². The van der Waals surface area contributed by atoms with Crippen LogP contribution in [0.15, 0.2) is 41.1 Å². The van der Waals surface area contributed by atoms with E-state index in [9.17, 15) is 5.11 Å². The molecule has 2 aromatic heterocycles. The third-order valence-corrected chi connectivity index (χ3v) is 4.75. The molecular weight excluding hydrogens is 340 g/mol. The molecule has 0 saturated heterocycles. The van der Waals surface area contributed by atoms with Gasteiger partial charge in [0.1, 0.15) is 17.6 Å². The first-order valence-electron chi connectivity index (χ1n) is 9.02. The zero-order valence-electron chi connectivity index (χ0n) is 15.4. The molecule has 3 N–H and O–H groups in total. The molecule has 1 saturated carbocycles. The van der Waals surface area contributed by atoms with Crippen molar-refractivity contribution in [1.82, 2.24) is 14.7 Å². The van der Waals surface area contributed by atoms with Gasteiger partial charge in [0.15, 0.2) is 5.76 Å². The van der Waals surface area contributed by atoms with Crippen molar-refractivity contribution in [2.45, 2.75) is 44.9 Å². The zero-order valence-corrected chi connectivity index (χ0v) is 15.4. The molecule has 1 aliphatic carbocycles. The Morgan fingerprint density at radius 3 is 2.74 bits per heavy atom. The van der Waals surface area contributed by atoms with Crippen LogP contribution in [0.3, 0.4) is 0 Å². The molecule has 0 aliphatic heterocycles. The topological polar surface area (TPSA) is 90.1 Å². The summed E-state index contributed by atoms with van der Waals surface area (Å²) in [5.74, 6) is 7.56. The quantitative estimate of drug-likeness (QED) is 0.697. The molecular formula is C21H22N4O2. The summed E-state index contributed by atoms with van der Waals surface area (Å²) in [5.41, 5.74) is 9.34. The van der Waals surface area contributed by atoms with E-state index in [2.05, 4.69) is 22.0 Å². The average Bonchev–Trinajstić information content (AvgIpc) is 3.04. The number of imidazole rings is 1. The lowest BCUT2D eigenvalue weighted by Crippen LogP contribution is -2.18. The van der Waals surface area contributed by atoms with Crippen molar-refractivity contribution >= 4 is 0 Å². The van der Waals surface area contributed by atoms with E-state index in [1.165, 1.54) is 0 Å². The lowest BCUT2D eigenvalue weighted by molar-refractivity contribution is 0.184. The predicted octanol–water partition coefficient (Wildman–Crippen LogP) is 2.79. The molecule has 138 valence electrons. The minimum atomic E-state index is -0.637. The van der Waals surface area contributed by atoms with Gasteiger partial charge in [-0.1, -0.05) is 17.0 Å². The Balaban J connectivity index is 1.51.